The van der Waals surface area contributed by atoms with Crippen molar-refractivity contribution < 1.29 is 0 Å². The second-order valence-electron chi connectivity index (χ2n) is 6.57. The first kappa shape index (κ1) is 16.3. The Kier molecular flexibility index (Phi) is 4.35. The van der Waals surface area contributed by atoms with Crippen molar-refractivity contribution in [3.63, 3.8) is 0 Å². The lowest BCUT2D eigenvalue weighted by molar-refractivity contribution is 0.475. The van der Waals surface area contributed by atoms with E-state index >= 15 is 0 Å². The number of nitrogens with zero attached hydrogens (tertiary/aromatic N) is 8. The number of pyridine rings is 1. The molecule has 8 heteroatoms. The lowest BCUT2D eigenvalue weighted by Gasteiger charge is -2.33. The van der Waals surface area contributed by atoms with Gasteiger partial charge in [-0.2, -0.15) is 5.26 Å². The van der Waals surface area contributed by atoms with Gasteiger partial charge in [0.25, 0.3) is 0 Å². The minimum Gasteiger partial charge on any atom is -0.356 e. The van der Waals surface area contributed by atoms with E-state index in [-0.39, 0.29) is 0 Å². The van der Waals surface area contributed by atoms with Crippen LogP contribution in [0.2, 0.25) is 0 Å². The summed E-state index contributed by atoms with van der Waals surface area (Å²) < 4.78 is 4.07. The van der Waals surface area contributed by atoms with Crippen molar-refractivity contribution in [1.82, 2.24) is 29.3 Å². The molecule has 0 amide bonds. The molecule has 4 rings (SSSR count). The molecule has 26 heavy (non-hydrogen) atoms. The quantitative estimate of drug-likeness (QED) is 0.713. The monoisotopic (exact) mass is 348 g/mol. The van der Waals surface area contributed by atoms with Crippen LogP contribution in [0, 0.1) is 11.3 Å². The standard InChI is InChI=1S/C18H20N8/c1-24-17(12-25-8-6-20-13-25)22-23-18(24)15-3-2-7-26(11-15)16-9-14(10-19)4-5-21-16/h4-6,8-9,13,15H,2-3,7,11-12H2,1H3/t15-/m1/s1. The van der Waals surface area contributed by atoms with Crippen molar-refractivity contribution in [2.75, 3.05) is 18.0 Å². The van der Waals surface area contributed by atoms with Crippen LogP contribution in [0.15, 0.2) is 37.1 Å². The molecule has 1 aliphatic heterocycles. The zero-order valence-corrected chi connectivity index (χ0v) is 14.7. The maximum absolute atomic E-state index is 9.11. The predicted octanol–water partition coefficient (Wildman–Crippen LogP) is 1.71. The second kappa shape index (κ2) is 6.96. The number of piperidine rings is 1. The molecule has 0 saturated carbocycles. The number of nitriles is 1. The number of rotatable bonds is 4. The van der Waals surface area contributed by atoms with Crippen LogP contribution >= 0.6 is 0 Å². The molecule has 0 spiro atoms. The van der Waals surface area contributed by atoms with Crippen molar-refractivity contribution in [2.24, 2.45) is 7.05 Å². The fourth-order valence-corrected chi connectivity index (χ4v) is 3.47. The average molecular weight is 348 g/mol. The maximum atomic E-state index is 9.11. The van der Waals surface area contributed by atoms with Gasteiger partial charge in [0.15, 0.2) is 5.82 Å². The maximum Gasteiger partial charge on any atom is 0.152 e. The van der Waals surface area contributed by atoms with Gasteiger partial charge in [0.05, 0.1) is 24.5 Å². The highest BCUT2D eigenvalue weighted by atomic mass is 15.3. The minimum atomic E-state index is 0.297. The first-order valence-corrected chi connectivity index (χ1v) is 8.69. The molecule has 0 aromatic carbocycles. The molecule has 1 aliphatic rings. The lowest BCUT2D eigenvalue weighted by atomic mass is 9.97. The van der Waals surface area contributed by atoms with Crippen molar-refractivity contribution in [3.8, 4) is 6.07 Å². The zero-order valence-electron chi connectivity index (χ0n) is 14.7. The Balaban J connectivity index is 1.53. The lowest BCUT2D eigenvalue weighted by Crippen LogP contribution is -2.35. The molecule has 1 saturated heterocycles. The summed E-state index contributed by atoms with van der Waals surface area (Å²) in [5.41, 5.74) is 0.637. The smallest absolute Gasteiger partial charge is 0.152 e. The van der Waals surface area contributed by atoms with Crippen LogP contribution in [0.4, 0.5) is 5.82 Å². The molecule has 0 bridgehead atoms. The van der Waals surface area contributed by atoms with Gasteiger partial charge in [0.1, 0.15) is 11.6 Å². The SMILES string of the molecule is Cn1c(Cn2ccnc2)nnc1[C@@H]1CCCN(c2cc(C#N)ccn2)C1. The summed E-state index contributed by atoms with van der Waals surface area (Å²) in [7, 11) is 2.02. The summed E-state index contributed by atoms with van der Waals surface area (Å²) in [6.07, 6.45) is 9.30. The second-order valence-corrected chi connectivity index (χ2v) is 6.57. The summed E-state index contributed by atoms with van der Waals surface area (Å²) >= 11 is 0. The molecule has 0 N–H and O–H groups in total. The van der Waals surface area contributed by atoms with Gasteiger partial charge >= 0.3 is 0 Å². The first-order chi connectivity index (χ1) is 12.7. The van der Waals surface area contributed by atoms with Gasteiger partial charge in [-0.3, -0.25) is 0 Å². The molecule has 0 unspecified atom stereocenters. The molecule has 0 aliphatic carbocycles. The van der Waals surface area contributed by atoms with E-state index in [0.717, 1.165) is 43.4 Å². The minimum absolute atomic E-state index is 0.297. The van der Waals surface area contributed by atoms with Crippen molar-refractivity contribution in [1.29, 1.82) is 5.26 Å². The number of imidazole rings is 1. The van der Waals surface area contributed by atoms with Gasteiger partial charge in [-0.15, -0.1) is 10.2 Å². The normalized spacial score (nSPS) is 17.2. The van der Waals surface area contributed by atoms with E-state index in [2.05, 4.69) is 35.7 Å². The van der Waals surface area contributed by atoms with Crippen LogP contribution in [0.3, 0.4) is 0 Å². The fourth-order valence-electron chi connectivity index (χ4n) is 3.47. The third-order valence-electron chi connectivity index (χ3n) is 4.87. The summed E-state index contributed by atoms with van der Waals surface area (Å²) in [4.78, 5) is 10.7. The molecule has 4 heterocycles. The van der Waals surface area contributed by atoms with Crippen LogP contribution in [0.25, 0.3) is 0 Å². The third kappa shape index (κ3) is 3.16. The van der Waals surface area contributed by atoms with Crippen molar-refractivity contribution >= 4 is 5.82 Å². The Labute approximate surface area is 151 Å². The number of anilines is 1. The van der Waals surface area contributed by atoms with Crippen molar-refractivity contribution in [3.05, 3.63) is 54.3 Å². The third-order valence-corrected chi connectivity index (χ3v) is 4.87. The van der Waals surface area contributed by atoms with E-state index in [0.29, 0.717) is 18.0 Å². The van der Waals surface area contributed by atoms with Crippen LogP contribution < -0.4 is 4.90 Å². The molecule has 1 fully saturated rings. The highest BCUT2D eigenvalue weighted by molar-refractivity contribution is 5.45. The number of hydrogen-bond acceptors (Lipinski definition) is 6. The summed E-state index contributed by atoms with van der Waals surface area (Å²) in [5, 5.41) is 18.0. The Bertz CT molecular complexity index is 921. The van der Waals surface area contributed by atoms with E-state index < -0.39 is 0 Å². The van der Waals surface area contributed by atoms with E-state index in [9.17, 15) is 0 Å². The highest BCUT2D eigenvalue weighted by Gasteiger charge is 2.26. The van der Waals surface area contributed by atoms with E-state index in [1.165, 1.54) is 0 Å². The molecule has 0 radical (unpaired) electrons. The summed E-state index contributed by atoms with van der Waals surface area (Å²) in [6, 6.07) is 5.77. The molecule has 1 atom stereocenters. The summed E-state index contributed by atoms with van der Waals surface area (Å²) in [5.74, 6) is 3.07. The molecule has 8 nitrogen and oxygen atoms in total. The van der Waals surface area contributed by atoms with Gasteiger partial charge in [-0.25, -0.2) is 9.97 Å². The Hall–Kier alpha value is -3.21. The fraction of sp³-hybridized carbons (Fsp3) is 0.389. The van der Waals surface area contributed by atoms with Gasteiger partial charge < -0.3 is 14.0 Å². The van der Waals surface area contributed by atoms with Gasteiger partial charge in [0, 0.05) is 44.6 Å². The van der Waals surface area contributed by atoms with Gasteiger partial charge in [-0.05, 0) is 25.0 Å². The highest BCUT2D eigenvalue weighted by Crippen LogP contribution is 2.28. The largest absolute Gasteiger partial charge is 0.356 e. The van der Waals surface area contributed by atoms with Crippen LogP contribution in [-0.2, 0) is 13.6 Å². The Morgan fingerprint density at radius 1 is 1.31 bits per heavy atom. The van der Waals surface area contributed by atoms with Gasteiger partial charge in [-0.1, -0.05) is 0 Å². The molecular formula is C18H20N8. The van der Waals surface area contributed by atoms with Crippen LogP contribution in [0.1, 0.15) is 36.0 Å². The van der Waals surface area contributed by atoms with Gasteiger partial charge in [0.2, 0.25) is 0 Å². The molecular weight excluding hydrogens is 328 g/mol. The zero-order chi connectivity index (χ0) is 17.9. The van der Waals surface area contributed by atoms with E-state index in [4.69, 9.17) is 5.26 Å². The predicted molar refractivity (Wildman–Crippen MR) is 95.5 cm³/mol. The Morgan fingerprint density at radius 3 is 3.04 bits per heavy atom. The van der Waals surface area contributed by atoms with Crippen molar-refractivity contribution in [2.45, 2.75) is 25.3 Å². The molecule has 3 aromatic heterocycles. The number of aromatic nitrogens is 6. The summed E-state index contributed by atoms with van der Waals surface area (Å²) in [6.45, 7) is 2.43. The number of hydrogen-bond donors (Lipinski definition) is 0. The topological polar surface area (TPSA) is 88.5 Å². The van der Waals surface area contributed by atoms with Crippen LogP contribution in [-0.4, -0.2) is 42.4 Å². The Morgan fingerprint density at radius 2 is 2.23 bits per heavy atom. The van der Waals surface area contributed by atoms with E-state index in [1.807, 2.05) is 23.9 Å². The first-order valence-electron chi connectivity index (χ1n) is 8.69. The average Bonchev–Trinajstić information content (AvgIpc) is 3.33. The molecule has 3 aromatic rings. The van der Waals surface area contributed by atoms with E-state index in [1.54, 1.807) is 24.8 Å². The molecule has 132 valence electrons. The van der Waals surface area contributed by atoms with Crippen LogP contribution in [0.5, 0.6) is 0 Å².